The highest BCUT2D eigenvalue weighted by Crippen LogP contribution is 2.46. The SMILES string of the molecule is C=C(C)C(=O)CCCCN(Cc1ccccc1O[B]O)Cc1c2ccccc2c(CN(CCCNC(=O)C(=C)C)Cc2ccccc2O[B]O)c2ccc(-c3ccc(OC)c(C4=C5C=CC(=NC)C=C5[Si](C)(C)c5cc(NC)ccc54)c3)cc12. The van der Waals surface area contributed by atoms with E-state index in [0.717, 1.165) is 97.3 Å². The summed E-state index contributed by atoms with van der Waals surface area (Å²) in [6, 6.07) is 44.3. The molecule has 7 aromatic carbocycles. The summed E-state index contributed by atoms with van der Waals surface area (Å²) in [5.74, 6) is 1.78. The number of allylic oxidation sites excluding steroid dienone is 6. The van der Waals surface area contributed by atoms with Crippen LogP contribution in [-0.2, 0) is 35.8 Å². The lowest BCUT2D eigenvalue weighted by Gasteiger charge is -2.38. The van der Waals surface area contributed by atoms with E-state index in [9.17, 15) is 19.6 Å². The van der Waals surface area contributed by atoms with Gasteiger partial charge in [0, 0.05) is 87.7 Å². The van der Waals surface area contributed by atoms with Gasteiger partial charge in [0.1, 0.15) is 25.3 Å². The average molecular weight is 1140 g/mol. The number of amides is 1. The molecule has 0 unspecified atom stereocenters. The third kappa shape index (κ3) is 13.5. The van der Waals surface area contributed by atoms with Gasteiger partial charge in [-0.15, -0.1) is 0 Å². The molecule has 2 radical (unpaired) electrons. The van der Waals surface area contributed by atoms with E-state index in [-0.39, 0.29) is 11.7 Å². The van der Waals surface area contributed by atoms with E-state index in [1.807, 2.05) is 62.6 Å². The van der Waals surface area contributed by atoms with Gasteiger partial charge in [-0.05, 0) is 171 Å². The number of Topliss-reactive ketones (excluding diaryl/α,β-unsaturated/α-hetero) is 1. The number of carbonyl (C=O) groups is 2. The second kappa shape index (κ2) is 27.6. The van der Waals surface area contributed by atoms with Crippen LogP contribution in [0.15, 0.2) is 186 Å². The zero-order chi connectivity index (χ0) is 59.5. The first-order valence-electron chi connectivity index (χ1n) is 28.7. The number of carbonyl (C=O) groups excluding carboxylic acids is 2. The second-order valence-electron chi connectivity index (χ2n) is 22.3. The largest absolute Gasteiger partial charge is 0.569 e. The molecule has 0 spiro atoms. The Bertz CT molecular complexity index is 3780. The summed E-state index contributed by atoms with van der Waals surface area (Å²) in [4.78, 5) is 34.9. The van der Waals surface area contributed by atoms with Gasteiger partial charge in [0.15, 0.2) is 5.78 Å². The maximum atomic E-state index is 12.8. The number of hydrogen-bond donors (Lipinski definition) is 4. The lowest BCUT2D eigenvalue weighted by molar-refractivity contribution is -0.117. The quantitative estimate of drug-likeness (QED) is 0.0170. The van der Waals surface area contributed by atoms with E-state index in [4.69, 9.17) is 14.0 Å². The number of rotatable bonds is 27. The number of fused-ring (bicyclic) bond motifs is 4. The van der Waals surface area contributed by atoms with E-state index < -0.39 is 8.07 Å². The van der Waals surface area contributed by atoms with Crippen LogP contribution in [0.1, 0.15) is 72.9 Å². The summed E-state index contributed by atoms with van der Waals surface area (Å²) < 4.78 is 17.6. The van der Waals surface area contributed by atoms with Crippen molar-refractivity contribution in [1.29, 1.82) is 0 Å². The van der Waals surface area contributed by atoms with Crippen molar-refractivity contribution in [2.45, 2.75) is 78.8 Å². The molecular weight excluding hydrogens is 1060 g/mol. The maximum absolute atomic E-state index is 12.8. The number of ether oxygens (including phenoxy) is 1. The van der Waals surface area contributed by atoms with Gasteiger partial charge in [-0.25, -0.2) is 0 Å². The Hall–Kier alpha value is -8.04. The van der Waals surface area contributed by atoms with Crippen LogP contribution >= 0.6 is 0 Å². The van der Waals surface area contributed by atoms with E-state index in [1.54, 1.807) is 21.0 Å². The van der Waals surface area contributed by atoms with Crippen molar-refractivity contribution >= 4 is 78.8 Å². The van der Waals surface area contributed by atoms with Gasteiger partial charge in [0.2, 0.25) is 5.91 Å². The van der Waals surface area contributed by atoms with Crippen LogP contribution < -0.4 is 29.9 Å². The zero-order valence-corrected chi connectivity index (χ0v) is 50.5. The zero-order valence-electron chi connectivity index (χ0n) is 49.5. The number of nitrogens with one attached hydrogen (secondary N) is 2. The highest BCUT2D eigenvalue weighted by Gasteiger charge is 2.40. The fourth-order valence-electron chi connectivity index (χ4n) is 11.8. The Morgan fingerprint density at radius 2 is 1.25 bits per heavy atom. The fourth-order valence-corrected chi connectivity index (χ4v) is 14.9. The van der Waals surface area contributed by atoms with E-state index in [2.05, 4.69) is 149 Å². The van der Waals surface area contributed by atoms with Crippen molar-refractivity contribution in [1.82, 2.24) is 15.1 Å². The number of unbranched alkanes of at least 4 members (excludes halogenated alkanes) is 1. The molecule has 0 bridgehead atoms. The number of aliphatic imine (C=N–C) groups is 1. The predicted molar refractivity (Wildman–Crippen MR) is 348 cm³/mol. The number of anilines is 1. The Kier molecular flexibility index (Phi) is 19.9. The third-order valence-electron chi connectivity index (χ3n) is 16.3. The summed E-state index contributed by atoms with van der Waals surface area (Å²) in [7, 11) is 4.76. The summed E-state index contributed by atoms with van der Waals surface area (Å²) in [5, 5.41) is 33.2. The predicted octanol–water partition coefficient (Wildman–Crippen LogP) is 11.8. The van der Waals surface area contributed by atoms with E-state index >= 15 is 0 Å². The van der Waals surface area contributed by atoms with Crippen molar-refractivity contribution < 1.29 is 33.7 Å². The summed E-state index contributed by atoms with van der Waals surface area (Å²) in [6.07, 6.45) is 9.19. The minimum atomic E-state index is -2.24. The molecule has 1 amide bonds. The molecule has 1 heterocycles. The molecular formula is C69H75B2N5O7Si. The van der Waals surface area contributed by atoms with Crippen molar-refractivity contribution in [3.63, 3.8) is 0 Å². The third-order valence-corrected chi connectivity index (χ3v) is 19.8. The van der Waals surface area contributed by atoms with E-state index in [0.29, 0.717) is 95.4 Å². The van der Waals surface area contributed by atoms with Gasteiger partial charge in [-0.3, -0.25) is 24.4 Å². The van der Waals surface area contributed by atoms with Crippen LogP contribution in [-0.4, -0.2) is 102 Å². The maximum Gasteiger partial charge on any atom is 0.569 e. The molecule has 428 valence electrons. The van der Waals surface area contributed by atoms with Crippen LogP contribution in [0.4, 0.5) is 5.69 Å². The minimum absolute atomic E-state index is 0.0690. The summed E-state index contributed by atoms with van der Waals surface area (Å²) >= 11 is 0. The molecule has 0 saturated heterocycles. The number of benzene rings is 7. The average Bonchev–Trinajstić information content (AvgIpc) is 0.863. The highest BCUT2D eigenvalue weighted by molar-refractivity contribution is 6.98. The molecule has 12 nitrogen and oxygen atoms in total. The van der Waals surface area contributed by atoms with Crippen molar-refractivity contribution in [2.75, 3.05) is 46.2 Å². The molecule has 4 N–H and O–H groups in total. The lowest BCUT2D eigenvalue weighted by Crippen LogP contribution is -2.49. The molecule has 15 heteroatoms. The Morgan fingerprint density at radius 3 is 1.86 bits per heavy atom. The van der Waals surface area contributed by atoms with Crippen LogP contribution in [0, 0.1) is 0 Å². The topological polar surface area (TPSA) is 145 Å². The van der Waals surface area contributed by atoms with Gasteiger partial charge in [-0.1, -0.05) is 117 Å². The monoisotopic (exact) mass is 1140 g/mol. The normalized spacial score (nSPS) is 13.8. The molecule has 84 heavy (non-hydrogen) atoms. The molecule has 0 aromatic heterocycles. The molecule has 0 atom stereocenters. The van der Waals surface area contributed by atoms with Crippen LogP contribution in [0.3, 0.4) is 0 Å². The molecule has 1 aliphatic carbocycles. The number of ketones is 1. The van der Waals surface area contributed by atoms with Crippen molar-refractivity contribution in [3.05, 3.63) is 214 Å². The lowest BCUT2D eigenvalue weighted by atomic mass is 9.86. The van der Waals surface area contributed by atoms with Crippen molar-refractivity contribution in [3.8, 4) is 28.4 Å². The number of methoxy groups -OCH3 is 1. The van der Waals surface area contributed by atoms with Gasteiger partial charge < -0.3 is 34.7 Å². The second-order valence-corrected chi connectivity index (χ2v) is 26.6. The first-order valence-corrected chi connectivity index (χ1v) is 31.7. The summed E-state index contributed by atoms with van der Waals surface area (Å²) in [6.45, 7) is 19.9. The standard InChI is InChI=1S/C69H75B2N5O7Si/c1-45(2)62(77)23-16-17-35-75(41-49-19-10-14-24-63(49)82-70-79)44-61-54-22-13-12-21-53(54)60(43-76(36-18-34-74-69(78)46(3)4)42-50-20-11-15-25-64(50)83-71-80)55-30-26-47(37-58(55)61)48-27-33-65(81-7)59(38-48)68-56-31-28-51(72-5)39-66(56)84(8,9)67-40-52(73-6)29-32-57(67)68/h10-15,19-22,24-33,37-40,72,79-80H,1,3,16-18,23,34-36,41-44H2,2,4-9H3,(H,74,78). The molecule has 0 saturated carbocycles. The summed E-state index contributed by atoms with van der Waals surface area (Å²) in [5.41, 5.74) is 13.7. The number of para-hydroxylation sites is 2. The van der Waals surface area contributed by atoms with Crippen LogP contribution in [0.25, 0.3) is 38.2 Å². The van der Waals surface area contributed by atoms with Crippen LogP contribution in [0.5, 0.6) is 17.2 Å². The number of nitrogens with zero attached hydrogens (tertiary/aromatic N) is 3. The fraction of sp³-hybridized carbons (Fsp3) is 0.261. The first kappa shape index (κ1) is 60.5. The van der Waals surface area contributed by atoms with Gasteiger partial charge >= 0.3 is 15.4 Å². The van der Waals surface area contributed by atoms with E-state index in [1.165, 1.54) is 21.5 Å². The smallest absolute Gasteiger partial charge is 0.537 e. The molecule has 7 aromatic rings. The highest BCUT2D eigenvalue weighted by atomic mass is 28.3. The molecule has 2 aliphatic rings. The van der Waals surface area contributed by atoms with Gasteiger partial charge in [0.05, 0.1) is 12.8 Å². The number of hydrogen-bond acceptors (Lipinski definition) is 11. The van der Waals surface area contributed by atoms with Gasteiger partial charge in [0.25, 0.3) is 0 Å². The minimum Gasteiger partial charge on any atom is -0.537 e. The van der Waals surface area contributed by atoms with Crippen LogP contribution in [0.2, 0.25) is 13.1 Å². The first-order chi connectivity index (χ1) is 40.7. The Labute approximate surface area is 497 Å². The Morgan fingerprint density at radius 1 is 0.655 bits per heavy atom. The molecule has 9 rings (SSSR count). The molecule has 1 aliphatic heterocycles. The molecule has 0 fully saturated rings. The van der Waals surface area contributed by atoms with Crippen molar-refractivity contribution in [2.24, 2.45) is 4.99 Å². The van der Waals surface area contributed by atoms with Gasteiger partial charge in [-0.2, -0.15) is 0 Å². The Balaban J connectivity index is 1.24.